The summed E-state index contributed by atoms with van der Waals surface area (Å²) in [5, 5.41) is 18.5. The van der Waals surface area contributed by atoms with E-state index in [1.807, 2.05) is 0 Å². The summed E-state index contributed by atoms with van der Waals surface area (Å²) in [6.07, 6.45) is 1.84. The molecule has 0 aliphatic rings. The minimum Gasteiger partial charge on any atom is -0.386 e. The van der Waals surface area contributed by atoms with E-state index in [9.17, 15) is 15.0 Å². The molecule has 0 aromatic carbocycles. The Morgan fingerprint density at radius 3 is 2.36 bits per heavy atom. The topological polar surface area (TPSA) is 57.5 Å². The number of Topliss-reactive ketones (excluding diaryl/α,β-unsaturated/α-hetero) is 1. The number of aliphatic hydroxyl groups excluding tert-OH is 1. The first-order valence-corrected chi connectivity index (χ1v) is 3.47. The number of allylic oxidation sites excluding steroid dienone is 1. The Labute approximate surface area is 66.4 Å². The summed E-state index contributed by atoms with van der Waals surface area (Å²) in [5.41, 5.74) is -1.66. The van der Waals surface area contributed by atoms with Gasteiger partial charge in [-0.1, -0.05) is 12.2 Å². The molecule has 2 unspecified atom stereocenters. The van der Waals surface area contributed by atoms with Gasteiger partial charge in [0.05, 0.1) is 0 Å². The highest BCUT2D eigenvalue weighted by atomic mass is 16.3. The van der Waals surface area contributed by atoms with E-state index in [0.717, 1.165) is 0 Å². The van der Waals surface area contributed by atoms with Crippen LogP contribution in [0.4, 0.5) is 0 Å². The second kappa shape index (κ2) is 3.64. The van der Waals surface area contributed by atoms with Gasteiger partial charge in [-0.05, 0) is 20.8 Å². The monoisotopic (exact) mass is 158 g/mol. The lowest BCUT2D eigenvalue weighted by molar-refractivity contribution is -0.141. The molecule has 3 nitrogen and oxygen atoms in total. The Balaban J connectivity index is 4.41. The van der Waals surface area contributed by atoms with Crippen molar-refractivity contribution in [2.75, 3.05) is 0 Å². The van der Waals surface area contributed by atoms with Gasteiger partial charge in [0.15, 0.2) is 5.78 Å². The van der Waals surface area contributed by atoms with Gasteiger partial charge >= 0.3 is 0 Å². The van der Waals surface area contributed by atoms with Crippen LogP contribution < -0.4 is 0 Å². The lowest BCUT2D eigenvalue weighted by Gasteiger charge is -2.23. The lowest BCUT2D eigenvalue weighted by atomic mass is 9.95. The first kappa shape index (κ1) is 10.3. The van der Waals surface area contributed by atoms with E-state index in [1.54, 1.807) is 13.0 Å². The molecule has 2 N–H and O–H groups in total. The van der Waals surface area contributed by atoms with E-state index in [1.165, 1.54) is 19.9 Å². The Hall–Kier alpha value is -0.670. The molecule has 0 bridgehead atoms. The minimum atomic E-state index is -1.66. The van der Waals surface area contributed by atoms with Crippen LogP contribution in [0.2, 0.25) is 0 Å². The SMILES string of the molecule is C/C=C/C(O)C(C)(O)C(C)=O. The van der Waals surface area contributed by atoms with Crippen molar-refractivity contribution in [3.63, 3.8) is 0 Å². The van der Waals surface area contributed by atoms with Crippen molar-refractivity contribution >= 4 is 5.78 Å². The van der Waals surface area contributed by atoms with Crippen LogP contribution in [-0.4, -0.2) is 27.7 Å². The summed E-state index contributed by atoms with van der Waals surface area (Å²) in [6.45, 7) is 4.24. The van der Waals surface area contributed by atoms with Gasteiger partial charge in [0.1, 0.15) is 11.7 Å². The fraction of sp³-hybridized carbons (Fsp3) is 0.625. The zero-order valence-corrected chi connectivity index (χ0v) is 7.03. The molecule has 0 amide bonds. The van der Waals surface area contributed by atoms with E-state index >= 15 is 0 Å². The second-order valence-corrected chi connectivity index (χ2v) is 2.67. The zero-order valence-electron chi connectivity index (χ0n) is 7.03. The molecule has 11 heavy (non-hydrogen) atoms. The Bertz CT molecular complexity index is 170. The molecular weight excluding hydrogens is 144 g/mol. The molecule has 0 aliphatic heterocycles. The van der Waals surface area contributed by atoms with Gasteiger partial charge in [-0.15, -0.1) is 0 Å². The van der Waals surface area contributed by atoms with Crippen LogP contribution in [0.5, 0.6) is 0 Å². The first-order chi connectivity index (χ1) is 4.92. The summed E-state index contributed by atoms with van der Waals surface area (Å²) >= 11 is 0. The molecule has 0 spiro atoms. The maximum absolute atomic E-state index is 10.7. The third kappa shape index (κ3) is 2.44. The fourth-order valence-electron chi connectivity index (χ4n) is 0.578. The third-order valence-corrected chi connectivity index (χ3v) is 1.66. The number of carbonyl (C=O) groups is 1. The second-order valence-electron chi connectivity index (χ2n) is 2.67. The maximum atomic E-state index is 10.7. The van der Waals surface area contributed by atoms with Crippen molar-refractivity contribution in [1.29, 1.82) is 0 Å². The van der Waals surface area contributed by atoms with E-state index in [-0.39, 0.29) is 0 Å². The molecule has 0 heterocycles. The Morgan fingerprint density at radius 2 is 2.09 bits per heavy atom. The number of aliphatic hydroxyl groups is 2. The van der Waals surface area contributed by atoms with E-state index in [2.05, 4.69) is 0 Å². The van der Waals surface area contributed by atoms with Gasteiger partial charge in [-0.3, -0.25) is 4.79 Å². The van der Waals surface area contributed by atoms with E-state index in [0.29, 0.717) is 0 Å². The molecule has 0 aromatic rings. The first-order valence-electron chi connectivity index (χ1n) is 3.47. The maximum Gasteiger partial charge on any atom is 0.164 e. The summed E-state index contributed by atoms with van der Waals surface area (Å²) in [7, 11) is 0. The van der Waals surface area contributed by atoms with Crippen LogP contribution in [0.15, 0.2) is 12.2 Å². The summed E-state index contributed by atoms with van der Waals surface area (Å²) in [6, 6.07) is 0. The Morgan fingerprint density at radius 1 is 1.64 bits per heavy atom. The molecule has 0 aliphatic carbocycles. The van der Waals surface area contributed by atoms with Gasteiger partial charge in [0.25, 0.3) is 0 Å². The predicted molar refractivity (Wildman–Crippen MR) is 42.1 cm³/mol. The van der Waals surface area contributed by atoms with Crippen molar-refractivity contribution < 1.29 is 15.0 Å². The largest absolute Gasteiger partial charge is 0.386 e. The van der Waals surface area contributed by atoms with Crippen LogP contribution in [-0.2, 0) is 4.79 Å². The highest BCUT2D eigenvalue weighted by Crippen LogP contribution is 2.11. The molecule has 3 heteroatoms. The Kier molecular flexibility index (Phi) is 3.42. The van der Waals surface area contributed by atoms with Crippen molar-refractivity contribution in [2.45, 2.75) is 32.5 Å². The molecule has 0 radical (unpaired) electrons. The van der Waals surface area contributed by atoms with Gasteiger partial charge in [-0.2, -0.15) is 0 Å². The number of ketones is 1. The molecule has 0 aromatic heterocycles. The third-order valence-electron chi connectivity index (χ3n) is 1.66. The van der Waals surface area contributed by atoms with Crippen LogP contribution >= 0.6 is 0 Å². The van der Waals surface area contributed by atoms with Gasteiger partial charge in [0.2, 0.25) is 0 Å². The molecule has 64 valence electrons. The molecular formula is C8H14O3. The van der Waals surface area contributed by atoms with Crippen molar-refractivity contribution in [3.05, 3.63) is 12.2 Å². The van der Waals surface area contributed by atoms with Gasteiger partial charge in [-0.25, -0.2) is 0 Å². The van der Waals surface area contributed by atoms with Crippen LogP contribution in [0.3, 0.4) is 0 Å². The van der Waals surface area contributed by atoms with Crippen molar-refractivity contribution in [2.24, 2.45) is 0 Å². The summed E-state index contributed by atoms with van der Waals surface area (Å²) in [4.78, 5) is 10.7. The number of hydrogen-bond acceptors (Lipinski definition) is 3. The molecule has 0 rings (SSSR count). The quantitative estimate of drug-likeness (QED) is 0.579. The number of hydrogen-bond donors (Lipinski definition) is 2. The molecule has 0 saturated heterocycles. The number of rotatable bonds is 3. The van der Waals surface area contributed by atoms with Crippen LogP contribution in [0, 0.1) is 0 Å². The van der Waals surface area contributed by atoms with E-state index in [4.69, 9.17) is 0 Å². The smallest absolute Gasteiger partial charge is 0.164 e. The standard InChI is InChI=1S/C8H14O3/c1-4-5-7(10)8(3,11)6(2)9/h4-5,7,10-11H,1-3H3/b5-4+. The van der Waals surface area contributed by atoms with Crippen molar-refractivity contribution in [3.8, 4) is 0 Å². The summed E-state index contributed by atoms with van der Waals surface area (Å²) in [5.74, 6) is -0.442. The highest BCUT2D eigenvalue weighted by molar-refractivity contribution is 5.85. The highest BCUT2D eigenvalue weighted by Gasteiger charge is 2.33. The zero-order chi connectivity index (χ0) is 9.07. The van der Waals surface area contributed by atoms with Gasteiger partial charge < -0.3 is 10.2 Å². The molecule has 0 fully saturated rings. The van der Waals surface area contributed by atoms with Crippen LogP contribution in [0.1, 0.15) is 20.8 Å². The van der Waals surface area contributed by atoms with Gasteiger partial charge in [0, 0.05) is 0 Å². The summed E-state index contributed by atoms with van der Waals surface area (Å²) < 4.78 is 0. The van der Waals surface area contributed by atoms with Crippen LogP contribution in [0.25, 0.3) is 0 Å². The average molecular weight is 158 g/mol. The fourth-order valence-corrected chi connectivity index (χ4v) is 0.578. The predicted octanol–water partition coefficient (Wildman–Crippen LogP) is 0.263. The minimum absolute atomic E-state index is 0.442. The van der Waals surface area contributed by atoms with Crippen molar-refractivity contribution in [1.82, 2.24) is 0 Å². The molecule has 2 atom stereocenters. The lowest BCUT2D eigenvalue weighted by Crippen LogP contribution is -2.44. The normalized spacial score (nSPS) is 19.7. The molecule has 0 saturated carbocycles. The van der Waals surface area contributed by atoms with E-state index < -0.39 is 17.5 Å². The number of carbonyl (C=O) groups excluding carboxylic acids is 1. The average Bonchev–Trinajstić information content (AvgIpc) is 1.88.